The van der Waals surface area contributed by atoms with Gasteiger partial charge in [0.1, 0.15) is 18.2 Å². The van der Waals surface area contributed by atoms with Crippen molar-refractivity contribution in [2.75, 3.05) is 6.61 Å². The maximum absolute atomic E-state index is 14.3. The third-order valence-corrected chi connectivity index (χ3v) is 15.0. The number of cyclic esters (lactones) is 1. The summed E-state index contributed by atoms with van der Waals surface area (Å²) in [5.74, 6) is -3.38. The van der Waals surface area contributed by atoms with E-state index < -0.39 is 50.2 Å². The highest BCUT2D eigenvalue weighted by molar-refractivity contribution is 6.99. The molecule has 3 amide bonds. The van der Waals surface area contributed by atoms with E-state index >= 15 is 0 Å². The lowest BCUT2D eigenvalue weighted by molar-refractivity contribution is -0.162. The Hall–Kier alpha value is -4.02. The summed E-state index contributed by atoms with van der Waals surface area (Å²) in [6.07, 6.45) is 6.91. The molecule has 5 atom stereocenters. The largest absolute Gasteiger partial charge is 0.460 e. The minimum absolute atomic E-state index is 0.186. The average Bonchev–Trinajstić information content (AvgIpc) is 3.10. The van der Waals surface area contributed by atoms with Gasteiger partial charge in [-0.25, -0.2) is 4.79 Å². The number of esters is 1. The molecular weight excluding hydrogens is 671 g/mol. The molecule has 0 bridgehead atoms. The zero-order valence-corrected chi connectivity index (χ0v) is 33.5. The molecule has 52 heavy (non-hydrogen) atoms. The van der Waals surface area contributed by atoms with E-state index in [0.29, 0.717) is 0 Å². The van der Waals surface area contributed by atoms with Gasteiger partial charge in [0.15, 0.2) is 0 Å². The molecule has 0 saturated heterocycles. The van der Waals surface area contributed by atoms with Crippen molar-refractivity contribution in [1.82, 2.24) is 16.0 Å². The zero-order valence-electron chi connectivity index (χ0n) is 32.5. The molecule has 1 aliphatic heterocycles. The first-order chi connectivity index (χ1) is 24.6. The molecule has 3 rings (SSSR count). The van der Waals surface area contributed by atoms with E-state index in [4.69, 9.17) is 9.16 Å². The molecule has 1 aliphatic rings. The number of ether oxygens (including phenoxy) is 1. The van der Waals surface area contributed by atoms with E-state index in [1.165, 1.54) is 12.2 Å². The normalized spacial score (nSPS) is 22.4. The predicted octanol–water partition coefficient (Wildman–Crippen LogP) is 5.93. The molecule has 0 aromatic heterocycles. The maximum atomic E-state index is 14.3. The van der Waals surface area contributed by atoms with Crippen LogP contribution in [-0.4, -0.2) is 56.8 Å². The van der Waals surface area contributed by atoms with Gasteiger partial charge in [0.05, 0.1) is 5.92 Å². The SMILES string of the molecule is C=C1/C=C/C(=O)N[C@H](C)C(=O)N[C@@H](C(C)C)C(=O)O[C@@H]([C@H](C)CCCCCC)[C@H](CCO[Si](c2ccccc2)(c2ccccc2)C(C)(C)C)C(=O)N1. The molecule has 0 unspecified atom stereocenters. The molecule has 10 heteroatoms. The fraction of sp³-hybridized carbons (Fsp3) is 0.524. The first-order valence-electron chi connectivity index (χ1n) is 18.9. The Morgan fingerprint density at radius 1 is 0.846 bits per heavy atom. The number of allylic oxidation sites excluding steroid dienone is 1. The summed E-state index contributed by atoms with van der Waals surface area (Å²) in [6.45, 7) is 20.1. The molecule has 2 aromatic rings. The Kier molecular flexibility index (Phi) is 16.1. The van der Waals surface area contributed by atoms with E-state index in [-0.39, 0.29) is 41.5 Å². The summed E-state index contributed by atoms with van der Waals surface area (Å²) >= 11 is 0. The van der Waals surface area contributed by atoms with Gasteiger partial charge in [0, 0.05) is 18.4 Å². The van der Waals surface area contributed by atoms with Gasteiger partial charge in [0.2, 0.25) is 17.7 Å². The average molecular weight is 732 g/mol. The second-order valence-electron chi connectivity index (χ2n) is 15.4. The van der Waals surface area contributed by atoms with Crippen molar-refractivity contribution in [1.29, 1.82) is 0 Å². The summed E-state index contributed by atoms with van der Waals surface area (Å²) < 4.78 is 13.6. The van der Waals surface area contributed by atoms with E-state index in [1.54, 1.807) is 6.92 Å². The van der Waals surface area contributed by atoms with Gasteiger partial charge in [-0.05, 0) is 53.1 Å². The molecule has 284 valence electrons. The van der Waals surface area contributed by atoms with Crippen LogP contribution in [0.25, 0.3) is 0 Å². The molecule has 0 saturated carbocycles. The van der Waals surface area contributed by atoms with Crippen LogP contribution < -0.4 is 26.3 Å². The summed E-state index contributed by atoms with van der Waals surface area (Å²) in [6, 6.07) is 18.7. The number of amides is 3. The van der Waals surface area contributed by atoms with Crippen LogP contribution in [0.5, 0.6) is 0 Å². The lowest BCUT2D eigenvalue weighted by Gasteiger charge is -2.43. The highest BCUT2D eigenvalue weighted by Crippen LogP contribution is 2.37. The lowest BCUT2D eigenvalue weighted by Crippen LogP contribution is -2.66. The summed E-state index contributed by atoms with van der Waals surface area (Å²) in [5.41, 5.74) is 0.200. The Morgan fingerprint density at radius 2 is 1.44 bits per heavy atom. The summed E-state index contributed by atoms with van der Waals surface area (Å²) in [4.78, 5) is 54.2. The minimum atomic E-state index is -2.94. The van der Waals surface area contributed by atoms with Crippen LogP contribution in [0.15, 0.2) is 85.1 Å². The van der Waals surface area contributed by atoms with Gasteiger partial charge < -0.3 is 25.1 Å². The van der Waals surface area contributed by atoms with Gasteiger partial charge in [-0.1, -0.05) is 141 Å². The van der Waals surface area contributed by atoms with Crippen LogP contribution in [-0.2, 0) is 28.3 Å². The Morgan fingerprint density at radius 3 is 1.98 bits per heavy atom. The van der Waals surface area contributed by atoms with Gasteiger partial charge in [0.25, 0.3) is 8.32 Å². The maximum Gasteiger partial charge on any atom is 0.329 e. The zero-order chi connectivity index (χ0) is 38.5. The Balaban J connectivity index is 2.11. The minimum Gasteiger partial charge on any atom is -0.460 e. The molecule has 0 aliphatic carbocycles. The van der Waals surface area contributed by atoms with Gasteiger partial charge in [-0.2, -0.15) is 0 Å². The molecule has 0 fully saturated rings. The molecule has 2 aromatic carbocycles. The van der Waals surface area contributed by atoms with Crippen molar-refractivity contribution in [2.45, 2.75) is 117 Å². The predicted molar refractivity (Wildman–Crippen MR) is 210 cm³/mol. The Bertz CT molecular complexity index is 1480. The van der Waals surface area contributed by atoms with E-state index in [2.05, 4.69) is 74.5 Å². The fourth-order valence-corrected chi connectivity index (χ4v) is 11.6. The standard InChI is InChI=1S/C42H61N3O6Si/c1-10-11-12-15-20-30(4)38-35(27-28-50-52(42(7,8)9,33-21-16-13-17-22-33)34-23-18-14-19-24-34)40(48)43-31(5)25-26-36(46)44-32(6)39(47)45-37(29(2)3)41(49)51-38/h13-14,16-19,21-26,29-30,32,35,37-38H,5,10-12,15,20,27-28H2,1-4,6-9H3,(H,43,48)(H,44,46)(H,45,47)/b26-25+/t30-,32-,35+,37+,38+/m1/s1. The van der Waals surface area contributed by atoms with Gasteiger partial charge in [-0.15, -0.1) is 0 Å². The highest BCUT2D eigenvalue weighted by atomic mass is 28.4. The van der Waals surface area contributed by atoms with E-state index in [1.807, 2.05) is 57.2 Å². The summed E-state index contributed by atoms with van der Waals surface area (Å²) in [5, 5.41) is 10.2. The smallest absolute Gasteiger partial charge is 0.329 e. The number of unbranched alkanes of at least 4 members (excludes halogenated alkanes) is 3. The van der Waals surface area contributed by atoms with Gasteiger partial charge >= 0.3 is 5.97 Å². The molecule has 3 N–H and O–H groups in total. The van der Waals surface area contributed by atoms with E-state index in [9.17, 15) is 19.2 Å². The number of carbonyl (C=O) groups excluding carboxylic acids is 4. The molecular formula is C42H61N3O6Si. The number of carbonyl (C=O) groups is 4. The third-order valence-electron chi connectivity index (χ3n) is 9.91. The van der Waals surface area contributed by atoms with Crippen molar-refractivity contribution >= 4 is 42.4 Å². The monoisotopic (exact) mass is 731 g/mol. The van der Waals surface area contributed by atoms with Crippen LogP contribution in [0, 0.1) is 17.8 Å². The molecule has 1 heterocycles. The second kappa shape index (κ2) is 19.7. The molecule has 9 nitrogen and oxygen atoms in total. The van der Waals surface area contributed by atoms with Crippen molar-refractivity contribution in [2.24, 2.45) is 17.8 Å². The van der Waals surface area contributed by atoms with Crippen LogP contribution >= 0.6 is 0 Å². The van der Waals surface area contributed by atoms with Crippen LogP contribution in [0.4, 0.5) is 0 Å². The summed E-state index contributed by atoms with van der Waals surface area (Å²) in [7, 11) is -2.94. The first-order valence-corrected chi connectivity index (χ1v) is 20.8. The van der Waals surface area contributed by atoms with Gasteiger partial charge in [-0.3, -0.25) is 14.4 Å². The van der Waals surface area contributed by atoms with Crippen molar-refractivity contribution in [3.63, 3.8) is 0 Å². The first kappa shape index (κ1) is 42.4. The van der Waals surface area contributed by atoms with Crippen molar-refractivity contribution in [3.8, 4) is 0 Å². The van der Waals surface area contributed by atoms with Crippen molar-refractivity contribution < 1.29 is 28.3 Å². The van der Waals surface area contributed by atoms with Crippen LogP contribution in [0.2, 0.25) is 5.04 Å². The quantitative estimate of drug-likeness (QED) is 0.133. The van der Waals surface area contributed by atoms with Crippen LogP contribution in [0.1, 0.15) is 93.9 Å². The number of rotatable bonds is 13. The van der Waals surface area contributed by atoms with Crippen LogP contribution in [0.3, 0.4) is 0 Å². The molecule has 0 radical (unpaired) electrons. The third kappa shape index (κ3) is 11.2. The number of hydrogen-bond acceptors (Lipinski definition) is 6. The van der Waals surface area contributed by atoms with Crippen molar-refractivity contribution in [3.05, 3.63) is 85.1 Å². The molecule has 0 spiro atoms. The number of hydrogen-bond donors (Lipinski definition) is 3. The second-order valence-corrected chi connectivity index (χ2v) is 19.7. The number of nitrogens with one attached hydrogen (secondary N) is 3. The topological polar surface area (TPSA) is 123 Å². The number of benzene rings is 2. The Labute approximate surface area is 312 Å². The highest BCUT2D eigenvalue weighted by Gasteiger charge is 2.50. The lowest BCUT2D eigenvalue weighted by atomic mass is 9.85. The van der Waals surface area contributed by atoms with E-state index in [0.717, 1.165) is 42.5 Å². The fourth-order valence-electron chi connectivity index (χ4n) is 6.98.